The van der Waals surface area contributed by atoms with Crippen LogP contribution in [0.25, 0.3) is 11.4 Å². The first-order chi connectivity index (χ1) is 13.7. The fourth-order valence-electron chi connectivity index (χ4n) is 3.15. The minimum absolute atomic E-state index is 0.0825. The van der Waals surface area contributed by atoms with Gasteiger partial charge < -0.3 is 14.2 Å². The highest BCUT2D eigenvalue weighted by molar-refractivity contribution is 7.99. The average molecular weight is 395 g/mol. The Morgan fingerprint density at radius 1 is 1.21 bits per heavy atom. The highest BCUT2D eigenvalue weighted by atomic mass is 32.2. The van der Waals surface area contributed by atoms with E-state index in [1.165, 1.54) is 0 Å². The van der Waals surface area contributed by atoms with Crippen LogP contribution in [-0.2, 0) is 11.2 Å². The summed E-state index contributed by atoms with van der Waals surface area (Å²) in [5, 5.41) is 4.03. The smallest absolute Gasteiger partial charge is 0.227 e. The van der Waals surface area contributed by atoms with Crippen LogP contribution in [0.5, 0.6) is 5.75 Å². The zero-order chi connectivity index (χ0) is 19.3. The Hall–Kier alpha value is -2.80. The van der Waals surface area contributed by atoms with Gasteiger partial charge in [-0.15, -0.1) is 11.8 Å². The van der Waals surface area contributed by atoms with Crippen molar-refractivity contribution < 1.29 is 14.1 Å². The summed E-state index contributed by atoms with van der Waals surface area (Å²) in [7, 11) is 1.62. The van der Waals surface area contributed by atoms with Crippen molar-refractivity contribution in [2.45, 2.75) is 24.2 Å². The molecule has 6 nitrogen and oxygen atoms in total. The van der Waals surface area contributed by atoms with Crippen LogP contribution in [0, 0.1) is 0 Å². The van der Waals surface area contributed by atoms with Crippen molar-refractivity contribution in [2.75, 3.05) is 24.3 Å². The molecule has 1 amide bonds. The molecule has 0 unspecified atom stereocenters. The van der Waals surface area contributed by atoms with Crippen LogP contribution in [0.15, 0.2) is 57.9 Å². The third-order valence-electron chi connectivity index (χ3n) is 4.61. The number of benzene rings is 2. The lowest BCUT2D eigenvalue weighted by molar-refractivity contribution is -0.118. The average Bonchev–Trinajstić information content (AvgIpc) is 3.11. The lowest BCUT2D eigenvalue weighted by atomic mass is 10.2. The Morgan fingerprint density at radius 2 is 2.04 bits per heavy atom. The standard InChI is InChI=1S/C21H21N3O3S/c1-26-16-9-7-15(8-10-16)21-22-19(27-23-21)11-12-20(25)24-13-4-14-28-18-6-3-2-5-17(18)24/h2-3,5-10H,4,11-14H2,1H3. The van der Waals surface area contributed by atoms with Gasteiger partial charge in [-0.2, -0.15) is 4.98 Å². The van der Waals surface area contributed by atoms with Gasteiger partial charge in [0.15, 0.2) is 0 Å². The van der Waals surface area contributed by atoms with Gasteiger partial charge in [-0.05, 0) is 48.6 Å². The van der Waals surface area contributed by atoms with E-state index in [9.17, 15) is 4.79 Å². The number of hydrogen-bond donors (Lipinski definition) is 0. The number of carbonyl (C=O) groups is 1. The summed E-state index contributed by atoms with van der Waals surface area (Å²) < 4.78 is 10.5. The van der Waals surface area contributed by atoms with Gasteiger partial charge >= 0.3 is 0 Å². The highest BCUT2D eigenvalue weighted by Crippen LogP contribution is 2.34. The fraction of sp³-hybridized carbons (Fsp3) is 0.286. The number of fused-ring (bicyclic) bond motifs is 1. The van der Waals surface area contributed by atoms with E-state index in [1.54, 1.807) is 18.9 Å². The van der Waals surface area contributed by atoms with Crippen molar-refractivity contribution in [1.82, 2.24) is 10.1 Å². The molecule has 0 fully saturated rings. The summed E-state index contributed by atoms with van der Waals surface area (Å²) >= 11 is 1.81. The third-order valence-corrected chi connectivity index (χ3v) is 5.76. The molecule has 144 valence electrons. The summed E-state index contributed by atoms with van der Waals surface area (Å²) in [6.45, 7) is 0.740. The number of para-hydroxylation sites is 1. The first-order valence-electron chi connectivity index (χ1n) is 9.24. The molecule has 7 heteroatoms. The van der Waals surface area contributed by atoms with Gasteiger partial charge in [0.1, 0.15) is 5.75 Å². The number of carbonyl (C=O) groups excluding carboxylic acids is 1. The predicted octanol–water partition coefficient (Wildman–Crippen LogP) is 4.21. The lowest BCUT2D eigenvalue weighted by Gasteiger charge is -2.22. The van der Waals surface area contributed by atoms with E-state index in [4.69, 9.17) is 9.26 Å². The summed E-state index contributed by atoms with van der Waals surface area (Å²) in [5.74, 6) is 2.86. The van der Waals surface area contributed by atoms with Crippen LogP contribution >= 0.6 is 11.8 Å². The zero-order valence-corrected chi connectivity index (χ0v) is 16.4. The fourth-order valence-corrected chi connectivity index (χ4v) is 4.14. The van der Waals surface area contributed by atoms with E-state index in [1.807, 2.05) is 47.4 Å². The molecule has 3 aromatic rings. The maximum atomic E-state index is 12.8. The number of amides is 1. The number of nitrogens with zero attached hydrogens (tertiary/aromatic N) is 3. The van der Waals surface area contributed by atoms with Gasteiger partial charge in [0.25, 0.3) is 0 Å². The number of aryl methyl sites for hydroxylation is 1. The molecule has 1 aliphatic rings. The third kappa shape index (κ3) is 4.04. The van der Waals surface area contributed by atoms with E-state index < -0.39 is 0 Å². The Morgan fingerprint density at radius 3 is 2.86 bits per heavy atom. The maximum Gasteiger partial charge on any atom is 0.227 e. The monoisotopic (exact) mass is 395 g/mol. The molecule has 28 heavy (non-hydrogen) atoms. The van der Waals surface area contributed by atoms with Crippen molar-refractivity contribution in [1.29, 1.82) is 0 Å². The number of anilines is 1. The SMILES string of the molecule is COc1ccc(-c2noc(CCC(=O)N3CCCSc4ccccc43)n2)cc1. The number of methoxy groups -OCH3 is 1. The van der Waals surface area contributed by atoms with Gasteiger partial charge in [-0.25, -0.2) is 0 Å². The molecule has 0 saturated heterocycles. The van der Waals surface area contributed by atoms with Crippen LogP contribution in [0.3, 0.4) is 0 Å². The topological polar surface area (TPSA) is 68.5 Å². The molecule has 0 atom stereocenters. The molecular weight excluding hydrogens is 374 g/mol. The van der Waals surface area contributed by atoms with Gasteiger partial charge in [0.05, 0.1) is 12.8 Å². The van der Waals surface area contributed by atoms with Crippen molar-refractivity contribution >= 4 is 23.4 Å². The molecule has 0 bridgehead atoms. The maximum absolute atomic E-state index is 12.8. The molecule has 1 aromatic heterocycles. The van der Waals surface area contributed by atoms with Crippen LogP contribution < -0.4 is 9.64 Å². The Labute approximate surface area is 167 Å². The summed E-state index contributed by atoms with van der Waals surface area (Å²) in [5.41, 5.74) is 1.85. The van der Waals surface area contributed by atoms with Crippen molar-refractivity contribution in [2.24, 2.45) is 0 Å². The first kappa shape index (κ1) is 18.6. The van der Waals surface area contributed by atoms with E-state index in [0.29, 0.717) is 24.6 Å². The largest absolute Gasteiger partial charge is 0.497 e. The molecule has 0 radical (unpaired) electrons. The van der Waals surface area contributed by atoms with Crippen molar-refractivity contribution in [3.05, 3.63) is 54.4 Å². The first-order valence-corrected chi connectivity index (χ1v) is 10.2. The van der Waals surface area contributed by atoms with E-state index in [-0.39, 0.29) is 5.91 Å². The summed E-state index contributed by atoms with van der Waals surface area (Å²) in [4.78, 5) is 20.3. The van der Waals surface area contributed by atoms with Gasteiger partial charge in [0.2, 0.25) is 17.6 Å². The molecule has 4 rings (SSSR count). The Kier molecular flexibility index (Phi) is 5.62. The van der Waals surface area contributed by atoms with Crippen LogP contribution in [0.4, 0.5) is 5.69 Å². The normalized spacial score (nSPS) is 13.7. The number of hydrogen-bond acceptors (Lipinski definition) is 6. The molecule has 0 saturated carbocycles. The van der Waals surface area contributed by atoms with Crippen LogP contribution in [0.2, 0.25) is 0 Å². The zero-order valence-electron chi connectivity index (χ0n) is 15.6. The number of thioether (sulfide) groups is 1. The minimum Gasteiger partial charge on any atom is -0.497 e. The quantitative estimate of drug-likeness (QED) is 0.645. The predicted molar refractivity (Wildman–Crippen MR) is 109 cm³/mol. The van der Waals surface area contributed by atoms with Crippen LogP contribution in [0.1, 0.15) is 18.7 Å². The molecule has 2 heterocycles. The summed E-state index contributed by atoms with van der Waals surface area (Å²) in [6, 6.07) is 15.5. The van der Waals surface area contributed by atoms with Crippen molar-refractivity contribution in [3.63, 3.8) is 0 Å². The molecule has 2 aromatic carbocycles. The van der Waals surface area contributed by atoms with E-state index in [0.717, 1.165) is 40.6 Å². The highest BCUT2D eigenvalue weighted by Gasteiger charge is 2.21. The summed E-state index contributed by atoms with van der Waals surface area (Å²) in [6.07, 6.45) is 1.74. The Balaban J connectivity index is 1.42. The van der Waals surface area contributed by atoms with E-state index in [2.05, 4.69) is 16.2 Å². The van der Waals surface area contributed by atoms with Crippen LogP contribution in [-0.4, -0.2) is 35.5 Å². The molecule has 1 aliphatic heterocycles. The minimum atomic E-state index is 0.0825. The van der Waals surface area contributed by atoms with Gasteiger partial charge in [-0.3, -0.25) is 4.79 Å². The van der Waals surface area contributed by atoms with Gasteiger partial charge in [-0.1, -0.05) is 17.3 Å². The molecule has 0 aliphatic carbocycles. The number of ether oxygens (including phenoxy) is 1. The Bertz CT molecular complexity index is 956. The second-order valence-corrected chi connectivity index (χ2v) is 7.59. The number of rotatable bonds is 5. The molecule has 0 spiro atoms. The number of aromatic nitrogens is 2. The van der Waals surface area contributed by atoms with Crippen molar-refractivity contribution in [3.8, 4) is 17.1 Å². The second kappa shape index (κ2) is 8.48. The van der Waals surface area contributed by atoms with Gasteiger partial charge in [0, 0.05) is 29.8 Å². The second-order valence-electron chi connectivity index (χ2n) is 6.46. The van der Waals surface area contributed by atoms with E-state index >= 15 is 0 Å². The lowest BCUT2D eigenvalue weighted by Crippen LogP contribution is -2.32. The molecule has 0 N–H and O–H groups in total. The molecular formula is C21H21N3O3S.